The number of likely N-dealkylation sites (N-methyl/N-ethyl adjacent to an activating group) is 1. The van der Waals surface area contributed by atoms with Crippen LogP contribution in [0.1, 0.15) is 51.6 Å². The molecule has 0 aromatic heterocycles. The first kappa shape index (κ1) is 29.3. The van der Waals surface area contributed by atoms with Crippen LogP contribution in [0.25, 0.3) is 0 Å². The molecular formula is C30H30ClF3N2O4. The topological polar surface area (TPSA) is 59.1 Å². The molecule has 1 aliphatic rings. The maximum atomic E-state index is 13.6. The zero-order valence-electron chi connectivity index (χ0n) is 22.5. The number of hydrogen-bond donors (Lipinski definition) is 0. The number of halogens is 4. The van der Waals surface area contributed by atoms with Crippen molar-refractivity contribution in [3.05, 3.63) is 94.0 Å². The molecule has 0 spiro atoms. The summed E-state index contributed by atoms with van der Waals surface area (Å²) in [5.41, 5.74) is 0.161. The van der Waals surface area contributed by atoms with Crippen LogP contribution >= 0.6 is 11.6 Å². The molecule has 4 rings (SSSR count). The van der Waals surface area contributed by atoms with E-state index in [0.717, 1.165) is 24.8 Å². The van der Waals surface area contributed by atoms with E-state index in [2.05, 4.69) is 0 Å². The van der Waals surface area contributed by atoms with E-state index in [1.165, 1.54) is 11.0 Å². The number of alkyl halides is 3. The van der Waals surface area contributed by atoms with Gasteiger partial charge in [0.25, 0.3) is 11.8 Å². The average Bonchev–Trinajstić information content (AvgIpc) is 3.37. The number of likely N-dealkylation sites (tertiary alicyclic amines) is 1. The Balaban J connectivity index is 1.63. The minimum Gasteiger partial charge on any atom is -0.496 e. The molecule has 3 aromatic rings. The van der Waals surface area contributed by atoms with Crippen molar-refractivity contribution < 1.29 is 32.2 Å². The quantitative estimate of drug-likeness (QED) is 0.322. The third-order valence-corrected chi connectivity index (χ3v) is 7.17. The van der Waals surface area contributed by atoms with Gasteiger partial charge in [-0.05, 0) is 74.0 Å². The number of amides is 2. The van der Waals surface area contributed by atoms with Gasteiger partial charge < -0.3 is 19.3 Å². The number of hydrogen-bond acceptors (Lipinski definition) is 4. The Bertz CT molecular complexity index is 1360. The van der Waals surface area contributed by atoms with Gasteiger partial charge in [-0.3, -0.25) is 9.59 Å². The van der Waals surface area contributed by atoms with Crippen molar-refractivity contribution in [2.75, 3.05) is 27.2 Å². The molecule has 6 nitrogen and oxygen atoms in total. The van der Waals surface area contributed by atoms with Crippen molar-refractivity contribution in [1.29, 1.82) is 0 Å². The highest BCUT2D eigenvalue weighted by molar-refractivity contribution is 6.30. The molecule has 0 radical (unpaired) electrons. The van der Waals surface area contributed by atoms with Gasteiger partial charge in [-0.25, -0.2) is 0 Å². The first-order valence-corrected chi connectivity index (χ1v) is 13.1. The van der Waals surface area contributed by atoms with Gasteiger partial charge in [0.1, 0.15) is 11.5 Å². The fourth-order valence-electron chi connectivity index (χ4n) is 4.93. The van der Waals surface area contributed by atoms with Gasteiger partial charge in [0, 0.05) is 42.2 Å². The molecule has 0 aliphatic carbocycles. The minimum atomic E-state index is -4.70. The number of nitrogens with zero attached hydrogens (tertiary/aromatic N) is 2. The molecule has 1 saturated heterocycles. The molecule has 0 bridgehead atoms. The molecule has 0 saturated carbocycles. The van der Waals surface area contributed by atoms with Gasteiger partial charge >= 0.3 is 6.18 Å². The molecule has 1 fully saturated rings. The summed E-state index contributed by atoms with van der Waals surface area (Å²) in [7, 11) is 2.68. The molecule has 2 atom stereocenters. The van der Waals surface area contributed by atoms with E-state index >= 15 is 0 Å². The summed E-state index contributed by atoms with van der Waals surface area (Å²) in [6.45, 7) is 4.33. The number of carbonyl (C=O) groups excluding carboxylic acids is 2. The summed E-state index contributed by atoms with van der Waals surface area (Å²) < 4.78 is 51.4. The van der Waals surface area contributed by atoms with E-state index in [9.17, 15) is 22.8 Å². The maximum absolute atomic E-state index is 13.6. The first-order chi connectivity index (χ1) is 18.9. The van der Waals surface area contributed by atoms with Crippen LogP contribution in [-0.2, 0) is 6.18 Å². The molecule has 10 heteroatoms. The normalized spacial score (nSPS) is 17.2. The monoisotopic (exact) mass is 574 g/mol. The number of benzene rings is 3. The van der Waals surface area contributed by atoms with Gasteiger partial charge in [0.15, 0.2) is 0 Å². The molecule has 1 heterocycles. The summed E-state index contributed by atoms with van der Waals surface area (Å²) in [6.07, 6.45) is -4.70. The summed E-state index contributed by atoms with van der Waals surface area (Å²) in [5, 5.41) is 0.539. The number of carbonyl (C=O) groups is 2. The Morgan fingerprint density at radius 2 is 1.60 bits per heavy atom. The van der Waals surface area contributed by atoms with Crippen LogP contribution in [0.2, 0.25) is 5.02 Å². The lowest BCUT2D eigenvalue weighted by molar-refractivity contribution is -0.138. The summed E-state index contributed by atoms with van der Waals surface area (Å²) in [5.74, 6) is -0.830. The Labute approximate surface area is 236 Å². The lowest BCUT2D eigenvalue weighted by atomic mass is 9.93. The van der Waals surface area contributed by atoms with Crippen molar-refractivity contribution in [3.63, 3.8) is 0 Å². The highest BCUT2D eigenvalue weighted by Gasteiger charge is 2.41. The standard InChI is InChI=1S/C30H30ClF3N2O4/c1-18(2)40-23-12-7-20(8-13-23)29(38)36-16-24(19-5-10-22(31)11-6-19)26(17-36)35(3)28(37)21-9-14-27(39-4)25(15-21)30(32,33)34/h5-15,18,24,26H,16-17H2,1-4H3/t24-,26+/m1/s1. The molecule has 40 heavy (non-hydrogen) atoms. The van der Waals surface area contributed by atoms with Crippen LogP contribution in [0, 0.1) is 0 Å². The van der Waals surface area contributed by atoms with Crippen LogP contribution in [0.15, 0.2) is 66.7 Å². The minimum absolute atomic E-state index is 0.00740. The summed E-state index contributed by atoms with van der Waals surface area (Å²) in [6, 6.07) is 16.7. The largest absolute Gasteiger partial charge is 0.496 e. The third-order valence-electron chi connectivity index (χ3n) is 6.92. The van der Waals surface area contributed by atoms with Crippen LogP contribution in [0.4, 0.5) is 13.2 Å². The third kappa shape index (κ3) is 6.36. The molecule has 2 amide bonds. The predicted octanol–water partition coefficient (Wildman–Crippen LogP) is 6.54. The van der Waals surface area contributed by atoms with Crippen molar-refractivity contribution in [2.24, 2.45) is 0 Å². The average molecular weight is 575 g/mol. The second-order valence-corrected chi connectivity index (χ2v) is 10.4. The Hall–Kier alpha value is -3.72. The molecule has 1 aliphatic heterocycles. The summed E-state index contributed by atoms with van der Waals surface area (Å²) >= 11 is 6.09. The van der Waals surface area contributed by atoms with Gasteiger partial charge in [-0.15, -0.1) is 0 Å². The lowest BCUT2D eigenvalue weighted by Crippen LogP contribution is -2.42. The number of rotatable bonds is 7. The van der Waals surface area contributed by atoms with E-state index in [1.54, 1.807) is 48.3 Å². The van der Waals surface area contributed by atoms with Crippen molar-refractivity contribution in [2.45, 2.75) is 38.1 Å². The molecule has 3 aromatic carbocycles. The van der Waals surface area contributed by atoms with Crippen LogP contribution in [0.5, 0.6) is 11.5 Å². The van der Waals surface area contributed by atoms with Crippen molar-refractivity contribution in [3.8, 4) is 11.5 Å². The van der Waals surface area contributed by atoms with E-state index in [-0.39, 0.29) is 35.8 Å². The van der Waals surface area contributed by atoms with E-state index in [1.807, 2.05) is 26.0 Å². The molecular weight excluding hydrogens is 545 g/mol. The summed E-state index contributed by atoms with van der Waals surface area (Å²) in [4.78, 5) is 30.0. The Morgan fingerprint density at radius 1 is 0.975 bits per heavy atom. The van der Waals surface area contributed by atoms with Gasteiger partial charge in [0.2, 0.25) is 0 Å². The van der Waals surface area contributed by atoms with E-state index < -0.39 is 23.7 Å². The second-order valence-electron chi connectivity index (χ2n) is 9.96. The highest BCUT2D eigenvalue weighted by atomic mass is 35.5. The zero-order valence-corrected chi connectivity index (χ0v) is 23.3. The van der Waals surface area contributed by atoms with Crippen molar-refractivity contribution in [1.82, 2.24) is 9.80 Å². The van der Waals surface area contributed by atoms with E-state index in [4.69, 9.17) is 21.1 Å². The van der Waals surface area contributed by atoms with Crippen molar-refractivity contribution >= 4 is 23.4 Å². The highest BCUT2D eigenvalue weighted by Crippen LogP contribution is 2.38. The number of ether oxygens (including phenoxy) is 2. The predicted molar refractivity (Wildman–Crippen MR) is 146 cm³/mol. The molecule has 0 N–H and O–H groups in total. The molecule has 212 valence electrons. The van der Waals surface area contributed by atoms with Crippen LogP contribution in [-0.4, -0.2) is 61.0 Å². The Kier molecular flexibility index (Phi) is 8.63. The Morgan fingerprint density at radius 3 is 2.17 bits per heavy atom. The SMILES string of the molecule is COc1ccc(C(=O)N(C)[C@H]2CN(C(=O)c3ccc(OC(C)C)cc3)C[C@@H]2c2ccc(Cl)cc2)cc1C(F)(F)F. The zero-order chi connectivity index (χ0) is 29.2. The second kappa shape index (κ2) is 11.8. The smallest absolute Gasteiger partial charge is 0.419 e. The van der Waals surface area contributed by atoms with Gasteiger partial charge in [-0.2, -0.15) is 13.2 Å². The first-order valence-electron chi connectivity index (χ1n) is 12.7. The van der Waals surface area contributed by atoms with Crippen LogP contribution in [0.3, 0.4) is 0 Å². The van der Waals surface area contributed by atoms with E-state index in [0.29, 0.717) is 22.9 Å². The van der Waals surface area contributed by atoms with Crippen LogP contribution < -0.4 is 9.47 Å². The number of methoxy groups -OCH3 is 1. The lowest BCUT2D eigenvalue weighted by Gasteiger charge is -2.29. The van der Waals surface area contributed by atoms with Gasteiger partial charge in [-0.1, -0.05) is 23.7 Å². The maximum Gasteiger partial charge on any atom is 0.419 e. The van der Waals surface area contributed by atoms with Gasteiger partial charge in [0.05, 0.1) is 24.8 Å². The molecule has 0 unspecified atom stereocenters. The fraction of sp³-hybridized carbons (Fsp3) is 0.333. The fourth-order valence-corrected chi connectivity index (χ4v) is 5.06.